The zero-order chi connectivity index (χ0) is 26.5. The van der Waals surface area contributed by atoms with E-state index in [0.717, 1.165) is 28.1 Å². The fourth-order valence-corrected chi connectivity index (χ4v) is 4.47. The van der Waals surface area contributed by atoms with Crippen LogP contribution in [-0.4, -0.2) is 20.6 Å². The third-order valence-corrected chi connectivity index (χ3v) is 6.53. The summed E-state index contributed by atoms with van der Waals surface area (Å²) in [5.41, 5.74) is 5.15. The summed E-state index contributed by atoms with van der Waals surface area (Å²) in [5, 5.41) is 5.42. The van der Waals surface area contributed by atoms with E-state index < -0.39 is 0 Å². The summed E-state index contributed by atoms with van der Waals surface area (Å²) in [6.07, 6.45) is 0. The molecular weight excluding hydrogens is 494 g/mol. The van der Waals surface area contributed by atoms with E-state index in [0.29, 0.717) is 35.3 Å². The van der Waals surface area contributed by atoms with Crippen LogP contribution in [0.5, 0.6) is 11.6 Å². The summed E-state index contributed by atoms with van der Waals surface area (Å²) in [6, 6.07) is 34.7. The Morgan fingerprint density at radius 2 is 1.53 bits per heavy atom. The molecule has 5 nitrogen and oxygen atoms in total. The van der Waals surface area contributed by atoms with Crippen LogP contribution in [0.3, 0.4) is 0 Å². The first-order valence-electron chi connectivity index (χ1n) is 12.4. The molecule has 0 saturated heterocycles. The molecule has 0 unspecified atom stereocenters. The van der Waals surface area contributed by atoms with Crippen LogP contribution in [0.4, 0.5) is 0 Å². The van der Waals surface area contributed by atoms with E-state index in [-0.39, 0.29) is 5.91 Å². The number of aryl methyl sites for hydroxylation is 2. The zero-order valence-electron chi connectivity index (χ0n) is 21.3. The van der Waals surface area contributed by atoms with Gasteiger partial charge >= 0.3 is 0 Å². The number of nitrogens with zero attached hydrogens (tertiary/aromatic N) is 3. The minimum absolute atomic E-state index is 0.0607. The highest BCUT2D eigenvalue weighted by Crippen LogP contribution is 2.33. The average Bonchev–Trinajstić information content (AvgIpc) is 3.24. The third kappa shape index (κ3) is 5.79. The van der Waals surface area contributed by atoms with Crippen LogP contribution in [0.25, 0.3) is 5.69 Å². The van der Waals surface area contributed by atoms with Crippen LogP contribution < -0.4 is 4.74 Å². The molecule has 0 bridgehead atoms. The normalized spacial score (nSPS) is 10.8. The number of carbonyl (C=O) groups is 1. The number of halogens is 1. The smallest absolute Gasteiger partial charge is 0.254 e. The molecule has 0 radical (unpaired) electrons. The van der Waals surface area contributed by atoms with E-state index in [1.54, 1.807) is 4.68 Å². The van der Waals surface area contributed by atoms with Gasteiger partial charge in [-0.3, -0.25) is 4.79 Å². The van der Waals surface area contributed by atoms with Crippen molar-refractivity contribution in [2.75, 3.05) is 0 Å². The van der Waals surface area contributed by atoms with E-state index >= 15 is 0 Å². The Morgan fingerprint density at radius 3 is 2.21 bits per heavy atom. The summed E-state index contributed by atoms with van der Waals surface area (Å²) in [6.45, 7) is 4.71. The van der Waals surface area contributed by atoms with Crippen molar-refractivity contribution in [3.63, 3.8) is 0 Å². The highest BCUT2D eigenvalue weighted by Gasteiger charge is 2.25. The number of rotatable bonds is 8. The maximum atomic E-state index is 13.8. The topological polar surface area (TPSA) is 47.4 Å². The second-order valence-corrected chi connectivity index (χ2v) is 9.63. The fraction of sp³-hybridized carbons (Fsp3) is 0.125. The largest absolute Gasteiger partial charge is 0.439 e. The van der Waals surface area contributed by atoms with Crippen molar-refractivity contribution < 1.29 is 9.53 Å². The van der Waals surface area contributed by atoms with E-state index in [9.17, 15) is 4.79 Å². The van der Waals surface area contributed by atoms with Crippen molar-refractivity contribution in [1.29, 1.82) is 0 Å². The molecule has 38 heavy (non-hydrogen) atoms. The molecule has 5 aromatic rings. The summed E-state index contributed by atoms with van der Waals surface area (Å²) < 4.78 is 8.18. The fourth-order valence-electron chi connectivity index (χ4n) is 4.28. The average molecular weight is 522 g/mol. The van der Waals surface area contributed by atoms with Gasteiger partial charge in [0.15, 0.2) is 0 Å². The van der Waals surface area contributed by atoms with Gasteiger partial charge in [0, 0.05) is 17.1 Å². The summed E-state index contributed by atoms with van der Waals surface area (Å²) in [7, 11) is 0. The molecule has 6 heteroatoms. The van der Waals surface area contributed by atoms with Gasteiger partial charge in [-0.25, -0.2) is 4.68 Å². The van der Waals surface area contributed by atoms with E-state index in [2.05, 4.69) is 0 Å². The van der Waals surface area contributed by atoms with Crippen LogP contribution in [0, 0.1) is 13.8 Å². The lowest BCUT2D eigenvalue weighted by molar-refractivity contribution is 0.0729. The maximum Gasteiger partial charge on any atom is 0.254 e. The van der Waals surface area contributed by atoms with Gasteiger partial charge in [-0.1, -0.05) is 83.9 Å². The van der Waals surface area contributed by atoms with Crippen molar-refractivity contribution >= 4 is 17.5 Å². The molecule has 0 fully saturated rings. The summed E-state index contributed by atoms with van der Waals surface area (Å²) >= 11 is 6.31. The Hall–Kier alpha value is -4.35. The van der Waals surface area contributed by atoms with Gasteiger partial charge < -0.3 is 9.64 Å². The highest BCUT2D eigenvalue weighted by atomic mass is 35.5. The second kappa shape index (κ2) is 11.4. The second-order valence-electron chi connectivity index (χ2n) is 9.19. The van der Waals surface area contributed by atoms with Crippen LogP contribution in [-0.2, 0) is 13.1 Å². The van der Waals surface area contributed by atoms with Gasteiger partial charge in [-0.15, -0.1) is 0 Å². The Morgan fingerprint density at radius 1 is 0.842 bits per heavy atom. The molecule has 190 valence electrons. The lowest BCUT2D eigenvalue weighted by Gasteiger charge is -2.24. The number of carbonyl (C=O) groups excluding carboxylic acids is 1. The summed E-state index contributed by atoms with van der Waals surface area (Å²) in [5.74, 6) is 1.16. The van der Waals surface area contributed by atoms with Crippen molar-refractivity contribution in [1.82, 2.24) is 14.7 Å². The summed E-state index contributed by atoms with van der Waals surface area (Å²) in [4.78, 5) is 15.6. The molecule has 0 aliphatic heterocycles. The Balaban J connectivity index is 1.58. The molecule has 0 saturated carbocycles. The number of amides is 1. The van der Waals surface area contributed by atoms with Crippen LogP contribution in [0.2, 0.25) is 5.02 Å². The van der Waals surface area contributed by atoms with Gasteiger partial charge in [0.25, 0.3) is 5.91 Å². The first kappa shape index (κ1) is 25.3. The first-order chi connectivity index (χ1) is 18.5. The number of hydrogen-bond acceptors (Lipinski definition) is 3. The van der Waals surface area contributed by atoms with Crippen LogP contribution in [0.1, 0.15) is 32.7 Å². The zero-order valence-corrected chi connectivity index (χ0v) is 22.1. The van der Waals surface area contributed by atoms with Gasteiger partial charge in [0.05, 0.1) is 23.5 Å². The van der Waals surface area contributed by atoms with Crippen molar-refractivity contribution in [2.24, 2.45) is 0 Å². The van der Waals surface area contributed by atoms with Crippen LogP contribution >= 0.6 is 11.6 Å². The molecular formula is C32H28ClN3O2. The molecule has 1 amide bonds. The van der Waals surface area contributed by atoms with Crippen LogP contribution in [0.15, 0.2) is 109 Å². The van der Waals surface area contributed by atoms with Gasteiger partial charge in [0.2, 0.25) is 5.88 Å². The maximum absolute atomic E-state index is 13.8. The Labute approximate surface area is 227 Å². The van der Waals surface area contributed by atoms with Gasteiger partial charge in [0.1, 0.15) is 5.75 Å². The standard InChI is InChI=1S/C32H28ClN3O2/c1-23-16-18-26(19-17-23)31(37)35(21-25-10-5-3-6-11-25)22-30-24(2)34-36(28-13-9-12-27(33)20-28)32(30)38-29-14-7-4-8-15-29/h3-20H,21-22H2,1-2H3. The number of para-hydroxylation sites is 1. The lowest BCUT2D eigenvalue weighted by atomic mass is 10.1. The highest BCUT2D eigenvalue weighted by molar-refractivity contribution is 6.30. The van der Waals surface area contributed by atoms with Gasteiger partial charge in [-0.05, 0) is 61.9 Å². The monoisotopic (exact) mass is 521 g/mol. The van der Waals surface area contributed by atoms with Gasteiger partial charge in [-0.2, -0.15) is 5.10 Å². The number of hydrogen-bond donors (Lipinski definition) is 0. The lowest BCUT2D eigenvalue weighted by Crippen LogP contribution is -2.30. The predicted octanol–water partition coefficient (Wildman–Crippen LogP) is 7.78. The minimum atomic E-state index is -0.0607. The molecule has 0 aliphatic carbocycles. The molecule has 1 aromatic heterocycles. The third-order valence-electron chi connectivity index (χ3n) is 6.30. The molecule has 0 N–H and O–H groups in total. The molecule has 1 heterocycles. The van der Waals surface area contributed by atoms with Crippen molar-refractivity contribution in [3.05, 3.63) is 142 Å². The quantitative estimate of drug-likeness (QED) is 0.209. The van der Waals surface area contributed by atoms with E-state index in [1.165, 1.54) is 0 Å². The Kier molecular flexibility index (Phi) is 7.57. The molecule has 0 atom stereocenters. The SMILES string of the molecule is Cc1ccc(C(=O)N(Cc2ccccc2)Cc2c(C)nn(-c3cccc(Cl)c3)c2Oc2ccccc2)cc1. The molecule has 4 aromatic carbocycles. The van der Waals surface area contributed by atoms with E-state index in [1.807, 2.05) is 128 Å². The molecule has 0 aliphatic rings. The molecule has 0 spiro atoms. The predicted molar refractivity (Wildman–Crippen MR) is 151 cm³/mol. The van der Waals surface area contributed by atoms with Crippen molar-refractivity contribution in [3.8, 4) is 17.3 Å². The first-order valence-corrected chi connectivity index (χ1v) is 12.8. The molecule has 5 rings (SSSR count). The number of ether oxygens (including phenoxy) is 1. The number of benzene rings is 4. The van der Waals surface area contributed by atoms with Crippen molar-refractivity contribution in [2.45, 2.75) is 26.9 Å². The Bertz CT molecular complexity index is 1530. The van der Waals surface area contributed by atoms with E-state index in [4.69, 9.17) is 21.4 Å². The minimum Gasteiger partial charge on any atom is -0.439 e. The number of aromatic nitrogens is 2.